The molecule has 6 heteroatoms. The van der Waals surface area contributed by atoms with Gasteiger partial charge in [0, 0.05) is 13.1 Å². The first-order valence-corrected chi connectivity index (χ1v) is 13.7. The van der Waals surface area contributed by atoms with Crippen LogP contribution in [0.5, 0.6) is 0 Å². The van der Waals surface area contributed by atoms with Crippen molar-refractivity contribution in [1.82, 2.24) is 15.1 Å². The number of carbonyl (C=O) groups excluding carboxylic acids is 2. The van der Waals surface area contributed by atoms with Gasteiger partial charge < -0.3 is 15.1 Å². The van der Waals surface area contributed by atoms with Crippen LogP contribution in [0.3, 0.4) is 0 Å². The third-order valence-corrected chi connectivity index (χ3v) is 9.88. The quantitative estimate of drug-likeness (QED) is 0.574. The van der Waals surface area contributed by atoms with Gasteiger partial charge in [0.1, 0.15) is 12.1 Å². The van der Waals surface area contributed by atoms with Gasteiger partial charge in [0.05, 0.1) is 11.6 Å². The number of nitrogens with one attached hydrogen (secondary N) is 1. The lowest BCUT2D eigenvalue weighted by atomic mass is 9.58. The van der Waals surface area contributed by atoms with Crippen LogP contribution in [0.25, 0.3) is 0 Å². The number of nitriles is 1. The van der Waals surface area contributed by atoms with E-state index in [1.54, 1.807) is 4.90 Å². The van der Waals surface area contributed by atoms with Crippen molar-refractivity contribution in [3.05, 3.63) is 35.9 Å². The molecule has 188 valence electrons. The lowest BCUT2D eigenvalue weighted by Crippen LogP contribution is -2.55. The summed E-state index contributed by atoms with van der Waals surface area (Å²) in [6, 6.07) is 13.2. The normalized spacial score (nSPS) is 30.6. The molecule has 1 aromatic carbocycles. The minimum atomic E-state index is -0.695. The molecule has 0 bridgehead atoms. The summed E-state index contributed by atoms with van der Waals surface area (Å²) in [5.74, 6) is 0.961. The van der Waals surface area contributed by atoms with Gasteiger partial charge in [-0.05, 0) is 74.2 Å². The predicted molar refractivity (Wildman–Crippen MR) is 136 cm³/mol. The summed E-state index contributed by atoms with van der Waals surface area (Å²) >= 11 is 0. The Morgan fingerprint density at radius 2 is 1.83 bits per heavy atom. The molecule has 6 nitrogen and oxygen atoms in total. The molecule has 5 rings (SSSR count). The van der Waals surface area contributed by atoms with E-state index in [-0.39, 0.29) is 29.4 Å². The van der Waals surface area contributed by atoms with Crippen molar-refractivity contribution in [2.24, 2.45) is 11.8 Å². The van der Waals surface area contributed by atoms with Gasteiger partial charge in [-0.1, -0.05) is 57.0 Å². The maximum Gasteiger partial charge on any atom is 0.321 e. The number of hydrogen-bond acceptors (Lipinski definition) is 3. The molecular formula is C29H40N4O2. The van der Waals surface area contributed by atoms with E-state index in [9.17, 15) is 14.9 Å². The SMILES string of the molecule is CCC(C)[C@]1(c2ccccc2)CC[C@]2(CC1)CN(CC(=O)NC1(C#N)CC1)C(=O)N2CC1CCC1. The zero-order valence-electron chi connectivity index (χ0n) is 21.4. The average molecular weight is 477 g/mol. The van der Waals surface area contributed by atoms with Crippen LogP contribution < -0.4 is 5.32 Å². The molecule has 1 N–H and O–H groups in total. The lowest BCUT2D eigenvalue weighted by Gasteiger charge is -2.51. The van der Waals surface area contributed by atoms with Crippen molar-refractivity contribution in [2.75, 3.05) is 19.6 Å². The summed E-state index contributed by atoms with van der Waals surface area (Å²) in [4.78, 5) is 30.4. The van der Waals surface area contributed by atoms with E-state index in [4.69, 9.17) is 0 Å². The molecule has 1 spiro atoms. The third kappa shape index (κ3) is 4.32. The molecule has 3 amide bonds. The number of nitrogens with zero attached hydrogens (tertiary/aromatic N) is 3. The highest BCUT2D eigenvalue weighted by Crippen LogP contribution is 2.52. The monoisotopic (exact) mass is 476 g/mol. The molecule has 4 fully saturated rings. The lowest BCUT2D eigenvalue weighted by molar-refractivity contribution is -0.122. The summed E-state index contributed by atoms with van der Waals surface area (Å²) in [6.07, 6.45) is 10.3. The van der Waals surface area contributed by atoms with Crippen molar-refractivity contribution < 1.29 is 9.59 Å². The Bertz CT molecular complexity index is 984. The zero-order chi connectivity index (χ0) is 24.7. The Hall–Kier alpha value is -2.55. The number of rotatable bonds is 8. The second kappa shape index (κ2) is 9.15. The van der Waals surface area contributed by atoms with Gasteiger partial charge in [-0.2, -0.15) is 5.26 Å². The molecule has 1 atom stereocenters. The fourth-order valence-electron chi connectivity index (χ4n) is 6.90. The Labute approximate surface area is 210 Å². The van der Waals surface area contributed by atoms with Crippen LogP contribution in [0.2, 0.25) is 0 Å². The summed E-state index contributed by atoms with van der Waals surface area (Å²) in [6.45, 7) is 6.17. The highest BCUT2D eigenvalue weighted by molar-refractivity contribution is 5.86. The number of carbonyl (C=O) groups is 2. The minimum absolute atomic E-state index is 0.0182. The van der Waals surface area contributed by atoms with E-state index in [2.05, 4.69) is 60.5 Å². The van der Waals surface area contributed by atoms with Crippen molar-refractivity contribution in [1.29, 1.82) is 5.26 Å². The Kier molecular flexibility index (Phi) is 6.32. The van der Waals surface area contributed by atoms with Crippen LogP contribution in [0, 0.1) is 23.2 Å². The van der Waals surface area contributed by atoms with Crippen molar-refractivity contribution in [3.63, 3.8) is 0 Å². The maximum atomic E-state index is 13.7. The van der Waals surface area contributed by atoms with Crippen LogP contribution in [0.15, 0.2) is 30.3 Å². The fraction of sp³-hybridized carbons (Fsp3) is 0.690. The number of hydrogen-bond donors (Lipinski definition) is 1. The average Bonchev–Trinajstić information content (AvgIpc) is 3.57. The zero-order valence-corrected chi connectivity index (χ0v) is 21.4. The summed E-state index contributed by atoms with van der Waals surface area (Å²) in [7, 11) is 0. The molecule has 1 unspecified atom stereocenters. The number of urea groups is 1. The summed E-state index contributed by atoms with van der Waals surface area (Å²) in [5, 5.41) is 12.2. The first kappa shape index (κ1) is 24.2. The largest absolute Gasteiger partial charge is 0.336 e. The van der Waals surface area contributed by atoms with Gasteiger partial charge in [-0.15, -0.1) is 0 Å². The Morgan fingerprint density at radius 1 is 1.14 bits per heavy atom. The van der Waals surface area contributed by atoms with Gasteiger partial charge in [-0.25, -0.2) is 4.79 Å². The Morgan fingerprint density at radius 3 is 2.37 bits per heavy atom. The standard InChI is InChI=1S/C29H40N4O2/c1-3-22(2)29(24-10-5-4-6-11-24)16-14-28(15-17-29)21-32(19-25(34)31-27(20-30)12-13-27)26(35)33(28)18-23-8-7-9-23/h4-6,10-11,22-23H,3,7-9,12-19,21H2,1-2H3,(H,31,34)/t22?,28-,29-. The second-order valence-electron chi connectivity index (χ2n) is 11.8. The first-order valence-electron chi connectivity index (χ1n) is 13.7. The van der Waals surface area contributed by atoms with Gasteiger partial charge in [-0.3, -0.25) is 4.79 Å². The van der Waals surface area contributed by atoms with E-state index >= 15 is 0 Å². The topological polar surface area (TPSA) is 76.4 Å². The summed E-state index contributed by atoms with van der Waals surface area (Å²) in [5.41, 5.74) is 0.689. The highest BCUT2D eigenvalue weighted by Gasteiger charge is 2.55. The molecule has 35 heavy (non-hydrogen) atoms. The van der Waals surface area contributed by atoms with Crippen LogP contribution in [0.1, 0.15) is 83.6 Å². The molecule has 3 aliphatic carbocycles. The van der Waals surface area contributed by atoms with Crippen molar-refractivity contribution in [3.8, 4) is 6.07 Å². The number of benzene rings is 1. The first-order chi connectivity index (χ1) is 16.9. The number of amides is 3. The second-order valence-corrected chi connectivity index (χ2v) is 11.8. The molecule has 1 saturated heterocycles. The van der Waals surface area contributed by atoms with Crippen molar-refractivity contribution in [2.45, 2.75) is 94.5 Å². The molecule has 4 aliphatic rings. The maximum absolute atomic E-state index is 13.7. The Balaban J connectivity index is 1.36. The molecule has 0 radical (unpaired) electrons. The van der Waals surface area contributed by atoms with E-state index in [1.165, 1.54) is 24.8 Å². The highest BCUT2D eigenvalue weighted by atomic mass is 16.2. The third-order valence-electron chi connectivity index (χ3n) is 9.88. The van der Waals surface area contributed by atoms with Gasteiger partial charge >= 0.3 is 6.03 Å². The molecule has 1 aliphatic heterocycles. The minimum Gasteiger partial charge on any atom is -0.336 e. The molecule has 1 heterocycles. The van der Waals surface area contributed by atoms with Crippen molar-refractivity contribution >= 4 is 11.9 Å². The predicted octanol–water partition coefficient (Wildman–Crippen LogP) is 4.99. The van der Waals surface area contributed by atoms with Gasteiger partial charge in [0.2, 0.25) is 5.91 Å². The van der Waals surface area contributed by atoms with Gasteiger partial charge in [0.15, 0.2) is 0 Å². The molecule has 3 saturated carbocycles. The molecule has 0 aromatic heterocycles. The van der Waals surface area contributed by atoms with E-state index in [0.717, 1.165) is 38.6 Å². The molecular weight excluding hydrogens is 436 g/mol. The van der Waals surface area contributed by atoms with Crippen LogP contribution in [0.4, 0.5) is 4.79 Å². The van der Waals surface area contributed by atoms with Crippen LogP contribution in [-0.2, 0) is 10.2 Å². The fourth-order valence-corrected chi connectivity index (χ4v) is 6.90. The smallest absolute Gasteiger partial charge is 0.321 e. The van der Waals surface area contributed by atoms with Gasteiger partial charge in [0.25, 0.3) is 0 Å². The van der Waals surface area contributed by atoms with E-state index < -0.39 is 5.54 Å². The molecule has 1 aromatic rings. The summed E-state index contributed by atoms with van der Waals surface area (Å²) < 4.78 is 0. The van der Waals surface area contributed by atoms with E-state index in [1.807, 2.05) is 0 Å². The van der Waals surface area contributed by atoms with E-state index in [0.29, 0.717) is 31.2 Å². The van der Waals surface area contributed by atoms with Crippen LogP contribution >= 0.6 is 0 Å². The van der Waals surface area contributed by atoms with Crippen LogP contribution in [-0.4, -0.2) is 52.5 Å².